The van der Waals surface area contributed by atoms with Crippen LogP contribution in [0.5, 0.6) is 0 Å². The highest BCUT2D eigenvalue weighted by Crippen LogP contribution is 2.29. The Morgan fingerprint density at radius 2 is 1.66 bits per heavy atom. The summed E-state index contributed by atoms with van der Waals surface area (Å²) in [5.41, 5.74) is 1.81. The van der Waals surface area contributed by atoms with Gasteiger partial charge in [-0.25, -0.2) is 18.1 Å². The molecule has 7 nitrogen and oxygen atoms in total. The third-order valence-electron chi connectivity index (χ3n) is 5.23. The predicted molar refractivity (Wildman–Crippen MR) is 131 cm³/mol. The van der Waals surface area contributed by atoms with Gasteiger partial charge in [-0.05, 0) is 49.8 Å². The molecule has 0 spiro atoms. The normalized spacial score (nSPS) is 12.4. The first kappa shape index (κ1) is 28.1. The molecule has 0 heterocycles. The first-order valence-corrected chi connectivity index (χ1v) is 11.6. The third-order valence-corrected chi connectivity index (χ3v) is 6.56. The lowest BCUT2D eigenvalue weighted by atomic mass is 9.79. The molecule has 0 unspecified atom stereocenters. The van der Waals surface area contributed by atoms with Crippen molar-refractivity contribution in [1.82, 2.24) is 15.4 Å². The molecule has 0 atom stereocenters. The molecule has 0 fully saturated rings. The average Bonchev–Trinajstić information content (AvgIpc) is 2.70. The number of rotatable bonds is 12. The fraction of sp³-hybridized carbons (Fsp3) is 0.650. The van der Waals surface area contributed by atoms with E-state index < -0.39 is 10.0 Å². The highest BCUT2D eigenvalue weighted by Gasteiger charge is 2.25. The average molecular weight is 541 g/mol. The number of aliphatic hydroxyl groups is 1. The molecule has 9 heteroatoms. The maximum absolute atomic E-state index is 11.6. The van der Waals surface area contributed by atoms with E-state index in [2.05, 4.69) is 34.2 Å². The van der Waals surface area contributed by atoms with Crippen LogP contribution in [0.3, 0.4) is 0 Å². The van der Waals surface area contributed by atoms with Crippen LogP contribution in [-0.2, 0) is 22.3 Å². The first-order chi connectivity index (χ1) is 13.3. The second kappa shape index (κ2) is 14.2. The highest BCUT2D eigenvalue weighted by molar-refractivity contribution is 14.0. The van der Waals surface area contributed by atoms with Gasteiger partial charge >= 0.3 is 0 Å². The molecule has 0 aromatic heterocycles. The van der Waals surface area contributed by atoms with Gasteiger partial charge in [0.05, 0.1) is 12.3 Å². The van der Waals surface area contributed by atoms with Gasteiger partial charge in [0.2, 0.25) is 10.0 Å². The van der Waals surface area contributed by atoms with Crippen LogP contribution in [0.15, 0.2) is 29.3 Å². The number of nitrogens with one attached hydrogen (secondary N) is 3. The molecule has 0 bridgehead atoms. The van der Waals surface area contributed by atoms with Gasteiger partial charge in [-0.2, -0.15) is 0 Å². The molecule has 1 aromatic rings. The van der Waals surface area contributed by atoms with Gasteiger partial charge < -0.3 is 15.7 Å². The molecule has 0 radical (unpaired) electrons. The van der Waals surface area contributed by atoms with E-state index in [0.717, 1.165) is 49.4 Å². The van der Waals surface area contributed by atoms with Gasteiger partial charge in [0.25, 0.3) is 0 Å². The largest absolute Gasteiger partial charge is 0.396 e. The number of sulfonamides is 1. The van der Waals surface area contributed by atoms with Crippen molar-refractivity contribution >= 4 is 40.0 Å². The Kier molecular flexibility index (Phi) is 13.7. The van der Waals surface area contributed by atoms with Crippen LogP contribution in [0, 0.1) is 5.41 Å². The monoisotopic (exact) mass is 540 g/mol. The predicted octanol–water partition coefficient (Wildman–Crippen LogP) is 2.60. The summed E-state index contributed by atoms with van der Waals surface area (Å²) < 4.78 is 25.6. The van der Waals surface area contributed by atoms with Crippen LogP contribution >= 0.6 is 24.0 Å². The molecular weight excluding hydrogens is 503 g/mol. The number of nitrogens with zero attached hydrogens (tertiary/aromatic N) is 1. The molecule has 4 N–H and O–H groups in total. The summed E-state index contributed by atoms with van der Waals surface area (Å²) in [4.78, 5) is 4.64. The molecule has 0 aliphatic heterocycles. The summed E-state index contributed by atoms with van der Waals surface area (Å²) in [7, 11) is -1.85. The number of aliphatic hydroxyl groups excluding tert-OH is 1. The number of guanidine groups is 1. The number of halogens is 1. The summed E-state index contributed by atoms with van der Waals surface area (Å²) in [6.07, 6.45) is 2.75. The van der Waals surface area contributed by atoms with Crippen molar-refractivity contribution in [3.8, 4) is 0 Å². The number of aliphatic imine (C=N–C) groups is 1. The van der Waals surface area contributed by atoms with Crippen molar-refractivity contribution in [2.75, 3.05) is 26.7 Å². The Labute approximate surface area is 193 Å². The van der Waals surface area contributed by atoms with E-state index in [-0.39, 0.29) is 41.8 Å². The van der Waals surface area contributed by atoms with Crippen LogP contribution in [0.25, 0.3) is 0 Å². The molecule has 0 saturated heterocycles. The van der Waals surface area contributed by atoms with Crippen molar-refractivity contribution in [3.05, 3.63) is 35.4 Å². The van der Waals surface area contributed by atoms with Crippen LogP contribution in [-0.4, -0.2) is 46.2 Å². The number of hydrogen-bond acceptors (Lipinski definition) is 4. The summed E-state index contributed by atoms with van der Waals surface area (Å²) in [5, 5.41) is 16.0. The zero-order valence-corrected chi connectivity index (χ0v) is 21.1. The standard InChI is InChI=1S/C20H36N4O3S.HI/c1-5-20(6-2,12-13-25)16-24-19(22-7-3)23-14-17-8-10-18(11-9-17)15-28(26,27)21-4;/h8-11,21,25H,5-7,12-16H2,1-4H3,(H2,22,23,24);1H. The Morgan fingerprint density at radius 1 is 1.07 bits per heavy atom. The smallest absolute Gasteiger partial charge is 0.215 e. The molecule has 168 valence electrons. The van der Waals surface area contributed by atoms with E-state index in [1.54, 1.807) is 0 Å². The molecular formula is C20H37IN4O3S. The fourth-order valence-electron chi connectivity index (χ4n) is 2.99. The van der Waals surface area contributed by atoms with Gasteiger partial charge in [-0.15, -0.1) is 24.0 Å². The van der Waals surface area contributed by atoms with Gasteiger partial charge in [0.1, 0.15) is 0 Å². The van der Waals surface area contributed by atoms with E-state index in [9.17, 15) is 13.5 Å². The van der Waals surface area contributed by atoms with E-state index >= 15 is 0 Å². The zero-order chi connectivity index (χ0) is 21.0. The number of hydrogen-bond donors (Lipinski definition) is 4. The van der Waals surface area contributed by atoms with Crippen molar-refractivity contribution in [1.29, 1.82) is 0 Å². The lowest BCUT2D eigenvalue weighted by Crippen LogP contribution is -2.43. The van der Waals surface area contributed by atoms with Crippen LogP contribution in [0.2, 0.25) is 0 Å². The molecule has 0 aliphatic carbocycles. The first-order valence-electron chi connectivity index (χ1n) is 9.95. The molecule has 0 saturated carbocycles. The maximum Gasteiger partial charge on any atom is 0.215 e. The summed E-state index contributed by atoms with van der Waals surface area (Å²) in [6, 6.07) is 7.45. The topological polar surface area (TPSA) is 103 Å². The lowest BCUT2D eigenvalue weighted by Gasteiger charge is -2.32. The van der Waals surface area contributed by atoms with E-state index in [1.165, 1.54) is 7.05 Å². The quantitative estimate of drug-likeness (QED) is 0.186. The molecule has 1 rings (SSSR count). The third kappa shape index (κ3) is 10.1. The van der Waals surface area contributed by atoms with Crippen LogP contribution < -0.4 is 15.4 Å². The number of benzene rings is 1. The van der Waals surface area contributed by atoms with Crippen LogP contribution in [0.4, 0.5) is 0 Å². The van der Waals surface area contributed by atoms with E-state index in [4.69, 9.17) is 0 Å². The minimum Gasteiger partial charge on any atom is -0.396 e. The highest BCUT2D eigenvalue weighted by atomic mass is 127. The SMILES string of the molecule is CCNC(=NCc1ccc(CS(=O)(=O)NC)cc1)NCC(CC)(CC)CCO.I. The second-order valence-corrected chi connectivity index (χ2v) is 8.94. The minimum absolute atomic E-state index is 0. The maximum atomic E-state index is 11.6. The molecule has 29 heavy (non-hydrogen) atoms. The van der Waals surface area contributed by atoms with Crippen molar-refractivity contribution in [2.24, 2.45) is 10.4 Å². The van der Waals surface area contributed by atoms with Crippen molar-refractivity contribution in [3.63, 3.8) is 0 Å². The van der Waals surface area contributed by atoms with Crippen molar-refractivity contribution in [2.45, 2.75) is 52.3 Å². The van der Waals surface area contributed by atoms with Gasteiger partial charge in [-0.3, -0.25) is 0 Å². The second-order valence-electron chi connectivity index (χ2n) is 7.01. The van der Waals surface area contributed by atoms with Gasteiger partial charge in [0.15, 0.2) is 5.96 Å². The van der Waals surface area contributed by atoms with E-state index in [1.807, 2.05) is 31.2 Å². The Balaban J connectivity index is 0.00000784. The Hall–Kier alpha value is -0.910. The summed E-state index contributed by atoms with van der Waals surface area (Å²) in [5.74, 6) is 0.714. The van der Waals surface area contributed by atoms with E-state index in [0.29, 0.717) is 6.54 Å². The molecule has 0 amide bonds. The molecule has 0 aliphatic rings. The lowest BCUT2D eigenvalue weighted by molar-refractivity contribution is 0.169. The van der Waals surface area contributed by atoms with Crippen LogP contribution in [0.1, 0.15) is 51.2 Å². The Morgan fingerprint density at radius 3 is 2.14 bits per heavy atom. The van der Waals surface area contributed by atoms with Gasteiger partial charge in [0, 0.05) is 19.7 Å². The van der Waals surface area contributed by atoms with Gasteiger partial charge in [-0.1, -0.05) is 38.1 Å². The fourth-order valence-corrected chi connectivity index (χ4v) is 3.77. The zero-order valence-electron chi connectivity index (χ0n) is 18.0. The summed E-state index contributed by atoms with van der Waals surface area (Å²) >= 11 is 0. The summed E-state index contributed by atoms with van der Waals surface area (Å²) in [6.45, 7) is 8.54. The minimum atomic E-state index is -3.27. The van der Waals surface area contributed by atoms with Crippen molar-refractivity contribution < 1.29 is 13.5 Å². The Bertz CT molecular complexity index is 705. The molecule has 1 aromatic carbocycles.